The molecular formula is C27H32N2O5. The fourth-order valence-corrected chi connectivity index (χ4v) is 4.36. The minimum Gasteiger partial charge on any atom is -0.507 e. The van der Waals surface area contributed by atoms with Gasteiger partial charge in [0.15, 0.2) is 0 Å². The van der Waals surface area contributed by atoms with Crippen LogP contribution in [-0.4, -0.2) is 72.6 Å². The number of carbonyl (C=O) groups is 2. The van der Waals surface area contributed by atoms with Gasteiger partial charge in [-0.05, 0) is 43.2 Å². The summed E-state index contributed by atoms with van der Waals surface area (Å²) in [6.07, 6.45) is 0.895. The Labute approximate surface area is 200 Å². The van der Waals surface area contributed by atoms with Gasteiger partial charge in [-0.1, -0.05) is 36.8 Å². The zero-order valence-corrected chi connectivity index (χ0v) is 19.8. The molecule has 0 aliphatic carbocycles. The second-order valence-corrected chi connectivity index (χ2v) is 8.73. The first-order valence-electron chi connectivity index (χ1n) is 11.9. The monoisotopic (exact) mass is 464 g/mol. The quantitative estimate of drug-likeness (QED) is 0.366. The summed E-state index contributed by atoms with van der Waals surface area (Å²) in [6.45, 7) is 8.58. The van der Waals surface area contributed by atoms with Gasteiger partial charge in [-0.3, -0.25) is 14.5 Å². The lowest BCUT2D eigenvalue weighted by molar-refractivity contribution is -0.140. The van der Waals surface area contributed by atoms with E-state index in [1.165, 1.54) is 0 Å². The lowest BCUT2D eigenvalue weighted by atomic mass is 9.94. The second kappa shape index (κ2) is 10.8. The number of hydrogen-bond donors (Lipinski definition) is 1. The Hall–Kier alpha value is -3.16. The van der Waals surface area contributed by atoms with Gasteiger partial charge in [-0.2, -0.15) is 0 Å². The minimum atomic E-state index is -0.656. The zero-order valence-electron chi connectivity index (χ0n) is 19.8. The van der Waals surface area contributed by atoms with Crippen LogP contribution in [0, 0.1) is 6.92 Å². The molecule has 1 N–H and O–H groups in total. The van der Waals surface area contributed by atoms with E-state index < -0.39 is 17.7 Å². The highest BCUT2D eigenvalue weighted by atomic mass is 16.5. The van der Waals surface area contributed by atoms with Crippen molar-refractivity contribution in [3.63, 3.8) is 0 Å². The number of morpholine rings is 1. The smallest absolute Gasteiger partial charge is 0.295 e. The Balaban J connectivity index is 1.67. The molecule has 0 saturated carbocycles. The number of aliphatic hydroxyl groups excluding tert-OH is 1. The van der Waals surface area contributed by atoms with E-state index in [4.69, 9.17) is 9.47 Å². The fraction of sp³-hybridized carbons (Fsp3) is 0.407. The van der Waals surface area contributed by atoms with Crippen molar-refractivity contribution >= 4 is 17.4 Å². The van der Waals surface area contributed by atoms with Gasteiger partial charge in [0.05, 0.1) is 31.4 Å². The number of hydrogen-bond acceptors (Lipinski definition) is 6. The fourth-order valence-electron chi connectivity index (χ4n) is 4.36. The van der Waals surface area contributed by atoms with Gasteiger partial charge >= 0.3 is 0 Å². The summed E-state index contributed by atoms with van der Waals surface area (Å²) < 4.78 is 11.0. The molecule has 2 heterocycles. The molecule has 7 nitrogen and oxygen atoms in total. The molecule has 1 amide bonds. The van der Waals surface area contributed by atoms with Gasteiger partial charge < -0.3 is 19.5 Å². The molecule has 34 heavy (non-hydrogen) atoms. The summed E-state index contributed by atoms with van der Waals surface area (Å²) in [7, 11) is 0. The van der Waals surface area contributed by atoms with E-state index in [0.29, 0.717) is 44.2 Å². The number of aryl methyl sites for hydroxylation is 1. The van der Waals surface area contributed by atoms with E-state index in [-0.39, 0.29) is 11.3 Å². The van der Waals surface area contributed by atoms with E-state index >= 15 is 0 Å². The van der Waals surface area contributed by atoms with Crippen molar-refractivity contribution in [2.75, 3.05) is 46.0 Å². The van der Waals surface area contributed by atoms with Gasteiger partial charge in [0.2, 0.25) is 0 Å². The van der Waals surface area contributed by atoms with Crippen molar-refractivity contribution in [3.05, 3.63) is 70.8 Å². The molecule has 4 rings (SSSR count). The Morgan fingerprint density at radius 1 is 1.03 bits per heavy atom. The van der Waals surface area contributed by atoms with Gasteiger partial charge in [0.1, 0.15) is 11.5 Å². The van der Waals surface area contributed by atoms with Crippen LogP contribution in [0.3, 0.4) is 0 Å². The molecule has 0 bridgehead atoms. The van der Waals surface area contributed by atoms with Gasteiger partial charge in [0.25, 0.3) is 11.7 Å². The molecule has 2 aromatic carbocycles. The first-order chi connectivity index (χ1) is 16.5. The topological polar surface area (TPSA) is 79.3 Å². The van der Waals surface area contributed by atoms with Crippen LogP contribution < -0.4 is 4.74 Å². The van der Waals surface area contributed by atoms with Gasteiger partial charge in [0, 0.05) is 31.7 Å². The predicted molar refractivity (Wildman–Crippen MR) is 130 cm³/mol. The molecule has 2 aliphatic heterocycles. The third kappa shape index (κ3) is 5.16. The average molecular weight is 465 g/mol. The summed E-state index contributed by atoms with van der Waals surface area (Å²) in [5, 5.41) is 11.2. The Kier molecular flexibility index (Phi) is 7.65. The first-order valence-corrected chi connectivity index (χ1v) is 11.9. The van der Waals surface area contributed by atoms with Crippen LogP contribution in [0.5, 0.6) is 5.75 Å². The van der Waals surface area contributed by atoms with E-state index in [1.54, 1.807) is 29.2 Å². The highest BCUT2D eigenvalue weighted by Crippen LogP contribution is 2.39. The molecule has 2 fully saturated rings. The largest absolute Gasteiger partial charge is 0.507 e. The molecule has 0 radical (unpaired) electrons. The summed E-state index contributed by atoms with van der Waals surface area (Å²) in [6, 6.07) is 14.1. The molecule has 0 spiro atoms. The number of ether oxygens (including phenoxy) is 2. The zero-order chi connectivity index (χ0) is 24.1. The van der Waals surface area contributed by atoms with E-state index in [2.05, 4.69) is 4.90 Å². The Morgan fingerprint density at radius 2 is 1.71 bits per heavy atom. The summed E-state index contributed by atoms with van der Waals surface area (Å²) in [4.78, 5) is 30.1. The SMILES string of the molecule is CCCOc1ccc(C(O)=C2C(=O)C(=O)N(CCN3CCOCC3)[C@H]2c2ccc(C)cc2)cc1. The summed E-state index contributed by atoms with van der Waals surface area (Å²) in [5.41, 5.74) is 2.48. The van der Waals surface area contributed by atoms with Crippen LogP contribution in [0.15, 0.2) is 54.1 Å². The normalized spacial score (nSPS) is 20.6. The molecular weight excluding hydrogens is 432 g/mol. The highest BCUT2D eigenvalue weighted by Gasteiger charge is 2.46. The third-order valence-corrected chi connectivity index (χ3v) is 6.29. The third-order valence-electron chi connectivity index (χ3n) is 6.29. The number of Topliss-reactive ketones (excluding diaryl/α,β-unsaturated/α-hetero) is 1. The Morgan fingerprint density at radius 3 is 2.35 bits per heavy atom. The summed E-state index contributed by atoms with van der Waals surface area (Å²) >= 11 is 0. The minimum absolute atomic E-state index is 0.123. The number of aliphatic hydroxyl groups is 1. The highest BCUT2D eigenvalue weighted by molar-refractivity contribution is 6.46. The molecule has 0 unspecified atom stereocenters. The van der Waals surface area contributed by atoms with Crippen LogP contribution in [0.1, 0.15) is 36.1 Å². The van der Waals surface area contributed by atoms with Crippen molar-refractivity contribution in [1.29, 1.82) is 0 Å². The van der Waals surface area contributed by atoms with Crippen LogP contribution in [0.25, 0.3) is 5.76 Å². The molecule has 1 atom stereocenters. The maximum absolute atomic E-state index is 13.2. The lowest BCUT2D eigenvalue weighted by Gasteiger charge is -2.31. The van der Waals surface area contributed by atoms with E-state index in [1.807, 2.05) is 38.1 Å². The molecule has 0 aromatic heterocycles. The lowest BCUT2D eigenvalue weighted by Crippen LogP contribution is -2.42. The number of benzene rings is 2. The van der Waals surface area contributed by atoms with Crippen molar-refractivity contribution in [2.45, 2.75) is 26.3 Å². The van der Waals surface area contributed by atoms with Crippen molar-refractivity contribution in [3.8, 4) is 5.75 Å². The van der Waals surface area contributed by atoms with Gasteiger partial charge in [-0.15, -0.1) is 0 Å². The van der Waals surface area contributed by atoms with Gasteiger partial charge in [-0.25, -0.2) is 0 Å². The predicted octanol–water partition coefficient (Wildman–Crippen LogP) is 3.54. The van der Waals surface area contributed by atoms with E-state index in [0.717, 1.165) is 30.6 Å². The maximum atomic E-state index is 13.2. The standard InChI is InChI=1S/C27H32N2O5/c1-3-16-34-22-10-8-21(9-11-22)25(30)23-24(20-6-4-19(2)5-7-20)29(27(32)26(23)31)13-12-28-14-17-33-18-15-28/h4-11,24,30H,3,12-18H2,1-2H3/t24-/m0/s1. The Bertz CT molecular complexity index is 1040. The van der Waals surface area contributed by atoms with Crippen LogP contribution in [0.4, 0.5) is 0 Å². The average Bonchev–Trinajstić information content (AvgIpc) is 3.12. The second-order valence-electron chi connectivity index (χ2n) is 8.73. The number of likely N-dealkylation sites (tertiary alicyclic amines) is 1. The van der Waals surface area contributed by atoms with Crippen LogP contribution in [0.2, 0.25) is 0 Å². The molecule has 2 aliphatic rings. The number of carbonyl (C=O) groups excluding carboxylic acids is 2. The molecule has 2 saturated heterocycles. The number of ketones is 1. The van der Waals surface area contributed by atoms with Crippen molar-refractivity contribution < 1.29 is 24.2 Å². The van der Waals surface area contributed by atoms with Crippen LogP contribution in [-0.2, 0) is 14.3 Å². The van der Waals surface area contributed by atoms with Crippen LogP contribution >= 0.6 is 0 Å². The number of amides is 1. The van der Waals surface area contributed by atoms with Crippen molar-refractivity contribution in [1.82, 2.24) is 9.80 Å². The number of rotatable bonds is 8. The molecule has 2 aromatic rings. The maximum Gasteiger partial charge on any atom is 0.295 e. The van der Waals surface area contributed by atoms with E-state index in [9.17, 15) is 14.7 Å². The molecule has 180 valence electrons. The summed E-state index contributed by atoms with van der Waals surface area (Å²) in [5.74, 6) is -0.709. The first kappa shape index (κ1) is 24.0. The molecule has 7 heteroatoms. The van der Waals surface area contributed by atoms with Crippen molar-refractivity contribution in [2.24, 2.45) is 0 Å². The number of nitrogens with zero attached hydrogens (tertiary/aromatic N) is 2.